The minimum Gasteiger partial charge on any atom is -0.460 e. The summed E-state index contributed by atoms with van der Waals surface area (Å²) >= 11 is 0. The van der Waals surface area contributed by atoms with E-state index in [1.165, 1.54) is 12.2 Å². The van der Waals surface area contributed by atoms with Gasteiger partial charge in [-0.05, 0) is 45.4 Å². The Morgan fingerprint density at radius 2 is 2.14 bits per heavy atom. The second-order valence-corrected chi connectivity index (χ2v) is 9.79. The van der Waals surface area contributed by atoms with Crippen molar-refractivity contribution in [3.05, 3.63) is 12.7 Å². The molecule has 0 aromatic rings. The van der Waals surface area contributed by atoms with Crippen molar-refractivity contribution in [1.82, 2.24) is 0 Å². The standard InChI is InChI=1S/C17H30O2S2/c1-6-17(11-12-20-21-17)10-8-7-9-15(18)19-16(4,5)13-14(2)3/h6,14H,1,7-13H2,2-5H3/t17-/m1/s1. The van der Waals surface area contributed by atoms with Gasteiger partial charge in [0.15, 0.2) is 0 Å². The predicted molar refractivity (Wildman–Crippen MR) is 95.7 cm³/mol. The fourth-order valence-electron chi connectivity index (χ4n) is 2.90. The molecule has 0 amide bonds. The zero-order valence-corrected chi connectivity index (χ0v) is 15.6. The largest absolute Gasteiger partial charge is 0.460 e. The van der Waals surface area contributed by atoms with Crippen molar-refractivity contribution in [2.24, 2.45) is 5.92 Å². The number of esters is 1. The first-order valence-corrected chi connectivity index (χ1v) is 10.3. The van der Waals surface area contributed by atoms with Crippen LogP contribution in [-0.4, -0.2) is 22.1 Å². The maximum atomic E-state index is 11.9. The van der Waals surface area contributed by atoms with Gasteiger partial charge in [0.2, 0.25) is 0 Å². The first-order chi connectivity index (χ1) is 9.79. The Balaban J connectivity index is 2.23. The Morgan fingerprint density at radius 1 is 1.43 bits per heavy atom. The van der Waals surface area contributed by atoms with E-state index in [0.717, 1.165) is 25.7 Å². The Morgan fingerprint density at radius 3 is 2.67 bits per heavy atom. The fraction of sp³-hybridized carbons (Fsp3) is 0.824. The Labute approximate surface area is 138 Å². The fourth-order valence-corrected chi connectivity index (χ4v) is 6.18. The summed E-state index contributed by atoms with van der Waals surface area (Å²) in [6.45, 7) is 12.3. The number of carbonyl (C=O) groups is 1. The lowest BCUT2D eigenvalue weighted by Crippen LogP contribution is -2.29. The average Bonchev–Trinajstić information content (AvgIpc) is 2.81. The molecule has 0 bridgehead atoms. The number of unbranched alkanes of at least 4 members (excludes halogenated alkanes) is 1. The minimum atomic E-state index is -0.342. The highest BCUT2D eigenvalue weighted by atomic mass is 33.1. The highest BCUT2D eigenvalue weighted by Crippen LogP contribution is 2.50. The number of hydrogen-bond donors (Lipinski definition) is 0. The molecular formula is C17H30O2S2. The van der Waals surface area contributed by atoms with Gasteiger partial charge < -0.3 is 4.74 Å². The molecule has 1 atom stereocenters. The molecular weight excluding hydrogens is 300 g/mol. The summed E-state index contributed by atoms with van der Waals surface area (Å²) in [5.74, 6) is 1.70. The highest BCUT2D eigenvalue weighted by Gasteiger charge is 2.32. The summed E-state index contributed by atoms with van der Waals surface area (Å²) in [6.07, 6.45) is 7.85. The second kappa shape index (κ2) is 8.52. The third-order valence-electron chi connectivity index (χ3n) is 3.73. The van der Waals surface area contributed by atoms with Crippen molar-refractivity contribution >= 4 is 27.6 Å². The van der Waals surface area contributed by atoms with Crippen LogP contribution in [0.4, 0.5) is 0 Å². The Bertz CT molecular complexity index is 345. The zero-order chi connectivity index (χ0) is 15.9. The molecule has 4 heteroatoms. The van der Waals surface area contributed by atoms with E-state index in [9.17, 15) is 4.79 Å². The van der Waals surface area contributed by atoms with Crippen LogP contribution in [0.15, 0.2) is 12.7 Å². The van der Waals surface area contributed by atoms with Crippen LogP contribution in [0.5, 0.6) is 0 Å². The monoisotopic (exact) mass is 330 g/mol. The molecule has 1 saturated heterocycles. The molecule has 0 aromatic carbocycles. The zero-order valence-electron chi connectivity index (χ0n) is 13.9. The molecule has 0 saturated carbocycles. The topological polar surface area (TPSA) is 26.3 Å². The number of rotatable bonds is 9. The van der Waals surface area contributed by atoms with Crippen molar-refractivity contribution < 1.29 is 9.53 Å². The quantitative estimate of drug-likeness (QED) is 0.237. The first kappa shape index (κ1) is 19.0. The van der Waals surface area contributed by atoms with Crippen LogP contribution in [0.25, 0.3) is 0 Å². The minimum absolute atomic E-state index is 0.0539. The van der Waals surface area contributed by atoms with E-state index in [1.807, 2.05) is 35.4 Å². The smallest absolute Gasteiger partial charge is 0.306 e. The van der Waals surface area contributed by atoms with Gasteiger partial charge in [-0.1, -0.05) is 47.9 Å². The normalized spacial score (nSPS) is 22.5. The van der Waals surface area contributed by atoms with E-state index in [-0.39, 0.29) is 16.3 Å². The third-order valence-corrected chi connectivity index (χ3v) is 6.97. The third kappa shape index (κ3) is 7.14. The van der Waals surface area contributed by atoms with E-state index >= 15 is 0 Å². The van der Waals surface area contributed by atoms with Gasteiger partial charge in [-0.25, -0.2) is 0 Å². The van der Waals surface area contributed by atoms with Crippen LogP contribution < -0.4 is 0 Å². The van der Waals surface area contributed by atoms with Crippen molar-refractivity contribution in [2.45, 2.75) is 76.6 Å². The van der Waals surface area contributed by atoms with Crippen molar-refractivity contribution in [3.8, 4) is 0 Å². The van der Waals surface area contributed by atoms with E-state index < -0.39 is 0 Å². The molecule has 0 spiro atoms. The van der Waals surface area contributed by atoms with E-state index in [4.69, 9.17) is 4.74 Å². The maximum Gasteiger partial charge on any atom is 0.306 e. The Kier molecular flexibility index (Phi) is 7.69. The van der Waals surface area contributed by atoms with Gasteiger partial charge in [-0.3, -0.25) is 4.79 Å². The van der Waals surface area contributed by atoms with Crippen LogP contribution >= 0.6 is 21.6 Å². The molecule has 21 heavy (non-hydrogen) atoms. The SMILES string of the molecule is C=C[C@@]1(CCCCC(=O)OC(C)(C)CC(C)C)CCSS1. The lowest BCUT2D eigenvalue weighted by atomic mass is 9.96. The van der Waals surface area contributed by atoms with Crippen molar-refractivity contribution in [3.63, 3.8) is 0 Å². The number of carbonyl (C=O) groups excluding carboxylic acids is 1. The van der Waals surface area contributed by atoms with Crippen LogP contribution in [-0.2, 0) is 9.53 Å². The molecule has 1 rings (SSSR count). The van der Waals surface area contributed by atoms with Crippen molar-refractivity contribution in [1.29, 1.82) is 0 Å². The van der Waals surface area contributed by atoms with Crippen molar-refractivity contribution in [2.75, 3.05) is 5.75 Å². The summed E-state index contributed by atoms with van der Waals surface area (Å²) in [5, 5.41) is 0. The summed E-state index contributed by atoms with van der Waals surface area (Å²) in [7, 11) is 3.89. The number of hydrogen-bond acceptors (Lipinski definition) is 4. The molecule has 1 aliphatic rings. The molecule has 0 radical (unpaired) electrons. The molecule has 0 aromatic heterocycles. The molecule has 0 N–H and O–H groups in total. The van der Waals surface area contributed by atoms with Gasteiger partial charge in [0.05, 0.1) is 0 Å². The summed E-state index contributed by atoms with van der Waals surface area (Å²) in [6, 6.07) is 0. The predicted octanol–water partition coefficient (Wildman–Crippen LogP) is 5.62. The van der Waals surface area contributed by atoms with E-state index in [0.29, 0.717) is 12.3 Å². The summed E-state index contributed by atoms with van der Waals surface area (Å²) < 4.78 is 5.85. The molecule has 122 valence electrons. The number of ether oxygens (including phenoxy) is 1. The molecule has 1 heterocycles. The molecule has 1 fully saturated rings. The van der Waals surface area contributed by atoms with Gasteiger partial charge >= 0.3 is 5.97 Å². The van der Waals surface area contributed by atoms with Crippen LogP contribution in [0.3, 0.4) is 0 Å². The van der Waals surface area contributed by atoms with Gasteiger partial charge in [-0.15, -0.1) is 6.58 Å². The summed E-state index contributed by atoms with van der Waals surface area (Å²) in [4.78, 5) is 11.9. The van der Waals surface area contributed by atoms with Gasteiger partial charge in [0, 0.05) is 16.9 Å². The van der Waals surface area contributed by atoms with Gasteiger partial charge in [-0.2, -0.15) is 0 Å². The van der Waals surface area contributed by atoms with E-state index in [2.05, 4.69) is 26.5 Å². The van der Waals surface area contributed by atoms with Crippen LogP contribution in [0, 0.1) is 5.92 Å². The maximum absolute atomic E-state index is 11.9. The van der Waals surface area contributed by atoms with Crippen LogP contribution in [0.1, 0.15) is 66.2 Å². The first-order valence-electron chi connectivity index (χ1n) is 7.95. The van der Waals surface area contributed by atoms with Gasteiger partial charge in [0.25, 0.3) is 0 Å². The van der Waals surface area contributed by atoms with Crippen LogP contribution in [0.2, 0.25) is 0 Å². The second-order valence-electron chi connectivity index (χ2n) is 6.96. The summed E-state index contributed by atoms with van der Waals surface area (Å²) in [5.41, 5.74) is -0.342. The molecule has 1 aliphatic heterocycles. The average molecular weight is 331 g/mol. The van der Waals surface area contributed by atoms with Gasteiger partial charge in [0.1, 0.15) is 5.60 Å². The molecule has 2 nitrogen and oxygen atoms in total. The lowest BCUT2D eigenvalue weighted by Gasteiger charge is -2.27. The lowest BCUT2D eigenvalue weighted by molar-refractivity contribution is -0.157. The molecule has 0 aliphatic carbocycles. The molecule has 0 unspecified atom stereocenters. The highest BCUT2D eigenvalue weighted by molar-refractivity contribution is 8.77. The Hall–Kier alpha value is -0.0900. The van der Waals surface area contributed by atoms with E-state index in [1.54, 1.807) is 0 Å².